The highest BCUT2D eigenvalue weighted by molar-refractivity contribution is 5.87. The predicted octanol–water partition coefficient (Wildman–Crippen LogP) is -0.490. The molecule has 10 N–H and O–H groups in total. The van der Waals surface area contributed by atoms with Gasteiger partial charge in [0.2, 0.25) is 11.8 Å². The van der Waals surface area contributed by atoms with Gasteiger partial charge in [-0.3, -0.25) is 15.0 Å². The highest BCUT2D eigenvalue weighted by Gasteiger charge is 2.17. The fourth-order valence-corrected chi connectivity index (χ4v) is 2.86. The van der Waals surface area contributed by atoms with Gasteiger partial charge < -0.3 is 37.8 Å². The lowest BCUT2D eigenvalue weighted by Crippen LogP contribution is -2.45. The van der Waals surface area contributed by atoms with Gasteiger partial charge in [-0.2, -0.15) is 0 Å². The Morgan fingerprint density at radius 2 is 1.53 bits per heavy atom. The van der Waals surface area contributed by atoms with E-state index in [1.54, 1.807) is 6.92 Å². The Hall–Kier alpha value is -1.91. The number of amides is 2. The molecular weight excluding hydrogens is 386 g/mol. The molecule has 176 valence electrons. The van der Waals surface area contributed by atoms with Crippen LogP contribution in [0.3, 0.4) is 0 Å². The van der Waals surface area contributed by atoms with Gasteiger partial charge in [-0.25, -0.2) is 0 Å². The third-order valence-corrected chi connectivity index (χ3v) is 4.61. The summed E-state index contributed by atoms with van der Waals surface area (Å²) in [6.45, 7) is 5.38. The lowest BCUT2D eigenvalue weighted by Gasteiger charge is -2.16. The quantitative estimate of drug-likeness (QED) is 0.0775. The van der Waals surface area contributed by atoms with E-state index in [1.807, 2.05) is 0 Å². The molecule has 30 heavy (non-hydrogen) atoms. The van der Waals surface area contributed by atoms with Crippen molar-refractivity contribution in [2.45, 2.75) is 76.9 Å². The van der Waals surface area contributed by atoms with E-state index >= 15 is 0 Å². The largest absolute Gasteiger partial charge is 0.393 e. The molecule has 0 fully saturated rings. The van der Waals surface area contributed by atoms with Crippen LogP contribution < -0.4 is 32.7 Å². The van der Waals surface area contributed by atoms with Crippen molar-refractivity contribution >= 4 is 17.8 Å². The summed E-state index contributed by atoms with van der Waals surface area (Å²) in [5, 5.41) is 28.5. The summed E-state index contributed by atoms with van der Waals surface area (Å²) >= 11 is 0. The maximum atomic E-state index is 12.0. The summed E-state index contributed by atoms with van der Waals surface area (Å²) in [6, 6.07) is -0.624. The standard InChI is InChI=1S/C20H43N7O3/c1-16(19(30)25-13-7-6-11-24-12-8-10-21)27-18(29)15-17(28)9-4-2-3-5-14-26-20(22)23/h16-17,24,28H,2-15,21H2,1H3,(H,25,30)(H,27,29)(H4,22,23,26)/t16-,17?/m0/s1. The summed E-state index contributed by atoms with van der Waals surface area (Å²) in [5.74, 6) is -0.557. The Morgan fingerprint density at radius 3 is 2.23 bits per heavy atom. The van der Waals surface area contributed by atoms with Crippen molar-refractivity contribution in [2.24, 2.45) is 11.5 Å². The van der Waals surface area contributed by atoms with Crippen molar-refractivity contribution in [3.63, 3.8) is 0 Å². The number of hydrogen-bond acceptors (Lipinski definition) is 6. The van der Waals surface area contributed by atoms with Crippen molar-refractivity contribution in [3.8, 4) is 0 Å². The fourth-order valence-electron chi connectivity index (χ4n) is 2.86. The molecule has 2 amide bonds. The van der Waals surface area contributed by atoms with Crippen molar-refractivity contribution in [1.82, 2.24) is 21.3 Å². The van der Waals surface area contributed by atoms with Crippen LogP contribution in [0.5, 0.6) is 0 Å². The number of nitrogens with one attached hydrogen (secondary N) is 5. The van der Waals surface area contributed by atoms with Gasteiger partial charge in [0.25, 0.3) is 0 Å². The molecule has 0 rings (SSSR count). The molecule has 0 spiro atoms. The van der Waals surface area contributed by atoms with Crippen molar-refractivity contribution < 1.29 is 14.7 Å². The van der Waals surface area contributed by atoms with Gasteiger partial charge in [0, 0.05) is 13.1 Å². The average Bonchev–Trinajstić information content (AvgIpc) is 2.68. The second-order valence-electron chi connectivity index (χ2n) is 7.58. The normalized spacial score (nSPS) is 12.8. The zero-order valence-corrected chi connectivity index (χ0v) is 18.5. The number of hydrogen-bond donors (Lipinski definition) is 8. The minimum atomic E-state index is -0.706. The maximum absolute atomic E-state index is 12.0. The molecule has 0 aliphatic heterocycles. The summed E-state index contributed by atoms with van der Waals surface area (Å²) in [6.07, 6.45) is 6.28. The number of carbonyl (C=O) groups is 2. The topological polar surface area (TPSA) is 178 Å². The Bertz CT molecular complexity index is 477. The van der Waals surface area contributed by atoms with Gasteiger partial charge in [0.1, 0.15) is 6.04 Å². The number of guanidine groups is 1. The Balaban J connectivity index is 3.70. The first-order valence-electron chi connectivity index (χ1n) is 11.1. The van der Waals surface area contributed by atoms with Gasteiger partial charge in [-0.1, -0.05) is 19.3 Å². The van der Waals surface area contributed by atoms with Gasteiger partial charge in [-0.05, 0) is 58.7 Å². The molecule has 1 unspecified atom stereocenters. The van der Waals surface area contributed by atoms with Crippen LogP contribution in [-0.4, -0.2) is 67.8 Å². The van der Waals surface area contributed by atoms with E-state index in [2.05, 4.69) is 21.3 Å². The first-order chi connectivity index (χ1) is 14.4. The minimum Gasteiger partial charge on any atom is -0.393 e. The van der Waals surface area contributed by atoms with E-state index < -0.39 is 12.1 Å². The lowest BCUT2D eigenvalue weighted by molar-refractivity contribution is -0.129. The van der Waals surface area contributed by atoms with Crippen molar-refractivity contribution in [3.05, 3.63) is 0 Å². The molecule has 0 aromatic rings. The monoisotopic (exact) mass is 429 g/mol. The number of carbonyl (C=O) groups excluding carboxylic acids is 2. The van der Waals surface area contributed by atoms with Crippen LogP contribution in [0, 0.1) is 5.41 Å². The van der Waals surface area contributed by atoms with Gasteiger partial charge in [-0.15, -0.1) is 0 Å². The Morgan fingerprint density at radius 1 is 0.933 bits per heavy atom. The second-order valence-corrected chi connectivity index (χ2v) is 7.58. The van der Waals surface area contributed by atoms with E-state index in [9.17, 15) is 14.7 Å². The van der Waals surface area contributed by atoms with Gasteiger partial charge >= 0.3 is 0 Å². The summed E-state index contributed by atoms with van der Waals surface area (Å²) < 4.78 is 0. The van der Waals surface area contributed by atoms with Crippen LogP contribution in [0.25, 0.3) is 0 Å². The zero-order chi connectivity index (χ0) is 22.6. The van der Waals surface area contributed by atoms with Crippen molar-refractivity contribution in [2.75, 3.05) is 32.7 Å². The van der Waals surface area contributed by atoms with E-state index in [0.717, 1.165) is 58.0 Å². The van der Waals surface area contributed by atoms with E-state index in [4.69, 9.17) is 16.9 Å². The first-order valence-corrected chi connectivity index (χ1v) is 11.1. The first kappa shape index (κ1) is 28.1. The van der Waals surface area contributed by atoms with Gasteiger partial charge in [0.15, 0.2) is 5.96 Å². The van der Waals surface area contributed by atoms with Gasteiger partial charge in [0.05, 0.1) is 12.5 Å². The molecule has 0 bridgehead atoms. The molecule has 10 heteroatoms. The van der Waals surface area contributed by atoms with Crippen LogP contribution in [-0.2, 0) is 9.59 Å². The van der Waals surface area contributed by atoms with Crippen LogP contribution >= 0.6 is 0 Å². The Labute approximate surface area is 180 Å². The zero-order valence-electron chi connectivity index (χ0n) is 18.5. The van der Waals surface area contributed by atoms with Crippen LogP contribution in [0.15, 0.2) is 0 Å². The average molecular weight is 430 g/mol. The minimum absolute atomic E-state index is 0.00200. The number of unbranched alkanes of at least 4 members (excludes halogenated alkanes) is 4. The molecule has 0 radical (unpaired) electrons. The van der Waals surface area contributed by atoms with E-state index in [-0.39, 0.29) is 24.2 Å². The molecule has 10 nitrogen and oxygen atoms in total. The highest BCUT2D eigenvalue weighted by Crippen LogP contribution is 2.08. The van der Waals surface area contributed by atoms with Crippen LogP contribution in [0.1, 0.15) is 64.7 Å². The molecule has 0 heterocycles. The predicted molar refractivity (Wildman–Crippen MR) is 120 cm³/mol. The molecule has 0 saturated carbocycles. The third-order valence-electron chi connectivity index (χ3n) is 4.61. The van der Waals surface area contributed by atoms with Crippen LogP contribution in [0.2, 0.25) is 0 Å². The summed E-state index contributed by atoms with van der Waals surface area (Å²) in [5.41, 5.74) is 10.6. The van der Waals surface area contributed by atoms with Crippen molar-refractivity contribution in [1.29, 1.82) is 5.41 Å². The molecule has 2 atom stereocenters. The Kier molecular flexibility index (Phi) is 17.9. The number of nitrogens with two attached hydrogens (primary N) is 2. The number of aliphatic hydroxyl groups is 1. The number of rotatable bonds is 19. The molecule has 0 aromatic carbocycles. The smallest absolute Gasteiger partial charge is 0.242 e. The SMILES string of the molecule is C[C@H](NC(=O)CC(O)CCCCCCNC(=N)N)C(=O)NCCCCNCCCN. The lowest BCUT2D eigenvalue weighted by atomic mass is 10.1. The maximum Gasteiger partial charge on any atom is 0.242 e. The molecule has 0 aliphatic carbocycles. The van der Waals surface area contributed by atoms with Crippen LogP contribution in [0.4, 0.5) is 0 Å². The fraction of sp³-hybridized carbons (Fsp3) is 0.850. The number of aliphatic hydroxyl groups excluding tert-OH is 1. The summed E-state index contributed by atoms with van der Waals surface area (Å²) in [7, 11) is 0. The third kappa shape index (κ3) is 18.1. The second kappa shape index (κ2) is 19.1. The summed E-state index contributed by atoms with van der Waals surface area (Å²) in [4.78, 5) is 24.0. The van der Waals surface area contributed by atoms with E-state index in [0.29, 0.717) is 26.1 Å². The molecule has 0 aromatic heterocycles. The van der Waals surface area contributed by atoms with E-state index in [1.165, 1.54) is 0 Å². The molecule has 0 aliphatic rings. The highest BCUT2D eigenvalue weighted by atomic mass is 16.3. The molecular formula is C20H43N7O3. The molecule has 0 saturated heterocycles.